The van der Waals surface area contributed by atoms with Crippen LogP contribution in [0.1, 0.15) is 40.5 Å². The molecule has 0 aliphatic carbocycles. The van der Waals surface area contributed by atoms with Gasteiger partial charge in [-0.1, -0.05) is 13.8 Å². The summed E-state index contributed by atoms with van der Waals surface area (Å²) in [6.07, 6.45) is 1.53. The monoisotopic (exact) mass is 221 g/mol. The molecule has 0 saturated carbocycles. The fraction of sp³-hybridized carbons (Fsp3) is 1.00. The summed E-state index contributed by atoms with van der Waals surface area (Å²) in [6, 6.07) is 0.0639. The summed E-state index contributed by atoms with van der Waals surface area (Å²) in [5.41, 5.74) is 0. The van der Waals surface area contributed by atoms with Gasteiger partial charge in [-0.25, -0.2) is 8.42 Å². The van der Waals surface area contributed by atoms with Crippen molar-refractivity contribution < 1.29 is 8.42 Å². The van der Waals surface area contributed by atoms with Gasteiger partial charge in [0.05, 0.1) is 10.5 Å². The molecule has 1 N–H and O–H groups in total. The fourth-order valence-corrected chi connectivity index (χ4v) is 3.58. The molecule has 0 aromatic heterocycles. The van der Waals surface area contributed by atoms with Crippen molar-refractivity contribution in [2.24, 2.45) is 0 Å². The number of nitrogens with one attached hydrogen (secondary N) is 1. The predicted molar refractivity (Wildman–Crippen MR) is 61.3 cm³/mol. The molecule has 3 atom stereocenters. The molecule has 0 spiro atoms. The first-order chi connectivity index (χ1) is 6.41. The maximum absolute atomic E-state index is 12.0. The molecule has 0 fully saturated rings. The van der Waals surface area contributed by atoms with Crippen LogP contribution in [0.2, 0.25) is 0 Å². The molecule has 0 aromatic carbocycles. The molecule has 0 saturated heterocycles. The van der Waals surface area contributed by atoms with Crippen molar-refractivity contribution in [3.63, 3.8) is 0 Å². The van der Waals surface area contributed by atoms with Crippen molar-refractivity contribution in [3.8, 4) is 0 Å². The van der Waals surface area contributed by atoms with Crippen LogP contribution in [-0.4, -0.2) is 32.0 Å². The molecule has 0 aliphatic heterocycles. The van der Waals surface area contributed by atoms with Crippen molar-refractivity contribution in [2.45, 2.75) is 57.1 Å². The lowest BCUT2D eigenvalue weighted by Gasteiger charge is -2.25. The summed E-state index contributed by atoms with van der Waals surface area (Å²) >= 11 is 0. The molecule has 4 heteroatoms. The van der Waals surface area contributed by atoms with Gasteiger partial charge in [-0.05, 0) is 33.7 Å². The van der Waals surface area contributed by atoms with Gasteiger partial charge in [-0.2, -0.15) is 0 Å². The Kier molecular flexibility index (Phi) is 5.67. The Labute approximate surface area is 88.2 Å². The minimum Gasteiger partial charge on any atom is -0.316 e. The molecule has 0 amide bonds. The molecule has 0 bridgehead atoms. The predicted octanol–water partition coefficient (Wildman–Crippen LogP) is 1.59. The Morgan fingerprint density at radius 1 is 1.14 bits per heavy atom. The Balaban J connectivity index is 4.73. The summed E-state index contributed by atoms with van der Waals surface area (Å²) in [5, 5.41) is 2.52. The highest BCUT2D eigenvalue weighted by Gasteiger charge is 2.31. The van der Waals surface area contributed by atoms with E-state index in [1.54, 1.807) is 13.8 Å². The fourth-order valence-electron chi connectivity index (χ4n) is 1.60. The van der Waals surface area contributed by atoms with Crippen molar-refractivity contribution >= 4 is 9.84 Å². The molecule has 0 heterocycles. The SMILES string of the molecule is CCC(NC)C(C)S(=O)(=O)C(C)CC. The molecule has 0 aliphatic rings. The highest BCUT2D eigenvalue weighted by Crippen LogP contribution is 2.16. The normalized spacial score (nSPS) is 18.9. The first-order valence-corrected chi connectivity index (χ1v) is 6.92. The van der Waals surface area contributed by atoms with Gasteiger partial charge >= 0.3 is 0 Å². The topological polar surface area (TPSA) is 46.2 Å². The van der Waals surface area contributed by atoms with Crippen molar-refractivity contribution in [1.82, 2.24) is 5.32 Å². The number of hydrogen-bond acceptors (Lipinski definition) is 3. The Hall–Kier alpha value is -0.0900. The zero-order chi connectivity index (χ0) is 11.4. The Morgan fingerprint density at radius 3 is 1.93 bits per heavy atom. The van der Waals surface area contributed by atoms with E-state index >= 15 is 0 Å². The Bertz CT molecular complexity index is 245. The quantitative estimate of drug-likeness (QED) is 0.741. The first kappa shape index (κ1) is 13.9. The van der Waals surface area contributed by atoms with Gasteiger partial charge in [0, 0.05) is 6.04 Å². The zero-order valence-corrected chi connectivity index (χ0v) is 10.7. The number of rotatable bonds is 6. The molecule has 0 radical (unpaired) electrons. The van der Waals surface area contributed by atoms with E-state index in [-0.39, 0.29) is 16.5 Å². The minimum absolute atomic E-state index is 0.0639. The van der Waals surface area contributed by atoms with Crippen LogP contribution in [0.25, 0.3) is 0 Å². The van der Waals surface area contributed by atoms with Crippen LogP contribution in [-0.2, 0) is 9.84 Å². The lowest BCUT2D eigenvalue weighted by Crippen LogP contribution is -2.43. The summed E-state index contributed by atoms with van der Waals surface area (Å²) in [5.74, 6) is 0. The van der Waals surface area contributed by atoms with Crippen LogP contribution < -0.4 is 5.32 Å². The Morgan fingerprint density at radius 2 is 1.64 bits per heavy atom. The van der Waals surface area contributed by atoms with Crippen LogP contribution in [0.4, 0.5) is 0 Å². The smallest absolute Gasteiger partial charge is 0.156 e. The van der Waals surface area contributed by atoms with Crippen molar-refractivity contribution in [3.05, 3.63) is 0 Å². The zero-order valence-electron chi connectivity index (χ0n) is 9.87. The van der Waals surface area contributed by atoms with Gasteiger partial charge in [0.1, 0.15) is 0 Å². The third-order valence-corrected chi connectivity index (χ3v) is 5.85. The van der Waals surface area contributed by atoms with E-state index in [9.17, 15) is 8.42 Å². The highest BCUT2D eigenvalue weighted by atomic mass is 32.2. The van der Waals surface area contributed by atoms with E-state index in [0.29, 0.717) is 6.42 Å². The molecule has 0 aromatic rings. The molecular weight excluding hydrogens is 198 g/mol. The van der Waals surface area contributed by atoms with E-state index in [2.05, 4.69) is 5.32 Å². The van der Waals surface area contributed by atoms with Gasteiger partial charge in [-0.3, -0.25) is 0 Å². The maximum atomic E-state index is 12.0. The highest BCUT2D eigenvalue weighted by molar-refractivity contribution is 7.92. The summed E-state index contributed by atoms with van der Waals surface area (Å²) in [7, 11) is -1.16. The van der Waals surface area contributed by atoms with E-state index < -0.39 is 9.84 Å². The van der Waals surface area contributed by atoms with Crippen molar-refractivity contribution in [1.29, 1.82) is 0 Å². The molecule has 86 valence electrons. The van der Waals surface area contributed by atoms with Crippen LogP contribution in [0.5, 0.6) is 0 Å². The number of sulfone groups is 1. The van der Waals surface area contributed by atoms with Gasteiger partial charge in [0.15, 0.2) is 9.84 Å². The molecule has 3 nitrogen and oxygen atoms in total. The van der Waals surface area contributed by atoms with Crippen LogP contribution in [0, 0.1) is 0 Å². The second-order valence-corrected chi connectivity index (χ2v) is 6.54. The maximum Gasteiger partial charge on any atom is 0.156 e. The van der Waals surface area contributed by atoms with E-state index in [0.717, 1.165) is 6.42 Å². The van der Waals surface area contributed by atoms with Crippen LogP contribution in [0.3, 0.4) is 0 Å². The second kappa shape index (κ2) is 5.71. The van der Waals surface area contributed by atoms with Gasteiger partial charge in [0.2, 0.25) is 0 Å². The van der Waals surface area contributed by atoms with Gasteiger partial charge < -0.3 is 5.32 Å². The molecule has 3 unspecified atom stereocenters. The third kappa shape index (κ3) is 2.95. The van der Waals surface area contributed by atoms with Crippen molar-refractivity contribution in [2.75, 3.05) is 7.05 Å². The molecule has 14 heavy (non-hydrogen) atoms. The summed E-state index contributed by atoms with van der Waals surface area (Å²) in [4.78, 5) is 0. The van der Waals surface area contributed by atoms with Crippen LogP contribution >= 0.6 is 0 Å². The lowest BCUT2D eigenvalue weighted by molar-refractivity contribution is 0.498. The minimum atomic E-state index is -2.97. The van der Waals surface area contributed by atoms with Crippen LogP contribution in [0.15, 0.2) is 0 Å². The third-order valence-electron chi connectivity index (χ3n) is 3.03. The first-order valence-electron chi connectivity index (χ1n) is 5.31. The lowest BCUT2D eigenvalue weighted by atomic mass is 10.2. The largest absolute Gasteiger partial charge is 0.316 e. The van der Waals surface area contributed by atoms with Gasteiger partial charge in [0.25, 0.3) is 0 Å². The van der Waals surface area contributed by atoms with Gasteiger partial charge in [-0.15, -0.1) is 0 Å². The van der Waals surface area contributed by atoms with E-state index in [4.69, 9.17) is 0 Å². The molecular formula is C10H23NO2S. The second-order valence-electron chi connectivity index (χ2n) is 3.82. The van der Waals surface area contributed by atoms with E-state index in [1.165, 1.54) is 0 Å². The average molecular weight is 221 g/mol. The molecule has 0 rings (SSSR count). The number of hydrogen-bond donors (Lipinski definition) is 1. The summed E-state index contributed by atoms with van der Waals surface area (Å²) in [6.45, 7) is 7.50. The van der Waals surface area contributed by atoms with E-state index in [1.807, 2.05) is 20.9 Å². The average Bonchev–Trinajstić information content (AvgIpc) is 2.18. The summed E-state index contributed by atoms with van der Waals surface area (Å²) < 4.78 is 24.0. The standard InChI is InChI=1S/C10H23NO2S/c1-6-8(3)14(12,13)9(4)10(7-2)11-5/h8-11H,6-7H2,1-5H3.